The van der Waals surface area contributed by atoms with E-state index in [1.54, 1.807) is 16.7 Å². The third kappa shape index (κ3) is 4.11. The molecule has 3 aromatic heterocycles. The van der Waals surface area contributed by atoms with Crippen LogP contribution in [-0.4, -0.2) is 24.5 Å². The monoisotopic (exact) mass is 491 g/mol. The average molecular weight is 492 g/mol. The molecule has 0 aliphatic heterocycles. The van der Waals surface area contributed by atoms with Crippen molar-refractivity contribution < 1.29 is 4.39 Å². The van der Waals surface area contributed by atoms with Crippen molar-refractivity contribution in [2.75, 3.05) is 11.5 Å². The molecule has 0 amide bonds. The fraction of sp³-hybridized carbons (Fsp3) is 0.0870. The lowest BCUT2D eigenvalue weighted by atomic mass is 10.0. The minimum absolute atomic E-state index is 0.0322. The van der Waals surface area contributed by atoms with Crippen LogP contribution < -0.4 is 17.0 Å². The number of nitrogen functional groups attached to an aromatic ring is 2. The summed E-state index contributed by atoms with van der Waals surface area (Å²) in [6, 6.07) is 15.4. The Balaban J connectivity index is 1.69. The van der Waals surface area contributed by atoms with Crippen LogP contribution >= 0.6 is 23.1 Å². The summed E-state index contributed by atoms with van der Waals surface area (Å²) >= 11 is 2.72. The van der Waals surface area contributed by atoms with E-state index in [-0.39, 0.29) is 29.0 Å². The van der Waals surface area contributed by atoms with Gasteiger partial charge in [0.1, 0.15) is 16.5 Å². The van der Waals surface area contributed by atoms with Crippen LogP contribution in [0.5, 0.6) is 0 Å². The number of rotatable bonds is 5. The Labute approximate surface area is 201 Å². The third-order valence-corrected chi connectivity index (χ3v) is 7.00. The van der Waals surface area contributed by atoms with Gasteiger partial charge in [-0.2, -0.15) is 15.0 Å². The summed E-state index contributed by atoms with van der Waals surface area (Å²) in [6.07, 6.45) is 0. The Morgan fingerprint density at radius 3 is 2.32 bits per heavy atom. The van der Waals surface area contributed by atoms with E-state index in [0.29, 0.717) is 26.9 Å². The molecule has 4 N–H and O–H groups in total. The number of aromatic nitrogens is 5. The lowest BCUT2D eigenvalue weighted by Gasteiger charge is -2.12. The summed E-state index contributed by atoms with van der Waals surface area (Å²) in [5.41, 5.74) is 13.4. The first kappa shape index (κ1) is 22.0. The molecule has 0 aliphatic carbocycles. The molecule has 170 valence electrons. The first-order valence-electron chi connectivity index (χ1n) is 10.2. The van der Waals surface area contributed by atoms with Gasteiger partial charge in [0.2, 0.25) is 11.9 Å². The van der Waals surface area contributed by atoms with Crippen molar-refractivity contribution in [3.05, 3.63) is 81.5 Å². The number of hydrogen-bond donors (Lipinski definition) is 2. The van der Waals surface area contributed by atoms with Gasteiger partial charge >= 0.3 is 0 Å². The summed E-state index contributed by atoms with van der Waals surface area (Å²) in [6.45, 7) is 1.93. The highest BCUT2D eigenvalue weighted by Crippen LogP contribution is 2.37. The number of benzene rings is 2. The van der Waals surface area contributed by atoms with Crippen LogP contribution in [-0.2, 0) is 5.75 Å². The number of nitrogens with zero attached hydrogens (tertiary/aromatic N) is 5. The van der Waals surface area contributed by atoms with Gasteiger partial charge in [0.25, 0.3) is 5.56 Å². The van der Waals surface area contributed by atoms with Gasteiger partial charge in [-0.3, -0.25) is 9.36 Å². The van der Waals surface area contributed by atoms with Crippen LogP contribution in [0.2, 0.25) is 0 Å². The molecule has 34 heavy (non-hydrogen) atoms. The Kier molecular flexibility index (Phi) is 5.72. The lowest BCUT2D eigenvalue weighted by Crippen LogP contribution is -2.21. The number of thioether (sulfide) groups is 1. The zero-order valence-corrected chi connectivity index (χ0v) is 19.5. The normalized spacial score (nSPS) is 11.2. The maximum Gasteiger partial charge on any atom is 0.268 e. The predicted octanol–water partition coefficient (Wildman–Crippen LogP) is 4.20. The molecule has 0 saturated carbocycles. The fourth-order valence-corrected chi connectivity index (χ4v) is 5.61. The molecule has 2 aromatic carbocycles. The highest BCUT2D eigenvalue weighted by molar-refractivity contribution is 7.98. The molecule has 0 aliphatic rings. The second kappa shape index (κ2) is 8.84. The third-order valence-electron chi connectivity index (χ3n) is 5.07. The Hall–Kier alpha value is -3.83. The minimum atomic E-state index is -0.334. The first-order chi connectivity index (χ1) is 16.4. The molecule has 0 saturated heterocycles. The largest absolute Gasteiger partial charge is 0.368 e. The Morgan fingerprint density at radius 1 is 0.971 bits per heavy atom. The zero-order valence-electron chi connectivity index (χ0n) is 17.9. The number of nitrogens with two attached hydrogens (primary N) is 2. The number of aryl methyl sites for hydroxylation is 1. The number of hydrogen-bond acceptors (Lipinski definition) is 9. The van der Waals surface area contributed by atoms with Gasteiger partial charge in [-0.1, -0.05) is 42.1 Å². The maximum atomic E-state index is 13.9. The zero-order chi connectivity index (χ0) is 23.8. The van der Waals surface area contributed by atoms with Crippen LogP contribution in [0.4, 0.5) is 16.3 Å². The Bertz CT molecular complexity index is 1550. The van der Waals surface area contributed by atoms with Crippen LogP contribution in [0.3, 0.4) is 0 Å². The molecular formula is C23H18FN7OS2. The topological polar surface area (TPSA) is 126 Å². The van der Waals surface area contributed by atoms with Crippen LogP contribution in [0.25, 0.3) is 27.0 Å². The van der Waals surface area contributed by atoms with Gasteiger partial charge < -0.3 is 11.5 Å². The average Bonchev–Trinajstić information content (AvgIpc) is 3.14. The number of halogens is 1. The molecule has 0 unspecified atom stereocenters. The van der Waals surface area contributed by atoms with Crippen molar-refractivity contribution in [1.82, 2.24) is 24.5 Å². The summed E-state index contributed by atoms with van der Waals surface area (Å²) in [4.78, 5) is 32.3. The van der Waals surface area contributed by atoms with Gasteiger partial charge in [0, 0.05) is 10.4 Å². The van der Waals surface area contributed by atoms with Crippen LogP contribution in [0.1, 0.15) is 10.7 Å². The van der Waals surface area contributed by atoms with Crippen molar-refractivity contribution in [3.63, 3.8) is 0 Å². The lowest BCUT2D eigenvalue weighted by molar-refractivity contribution is 0.628. The molecule has 0 atom stereocenters. The number of thiophene rings is 1. The second-order valence-corrected chi connectivity index (χ2v) is 9.49. The van der Waals surface area contributed by atoms with E-state index in [1.807, 2.05) is 37.3 Å². The van der Waals surface area contributed by atoms with E-state index in [0.717, 1.165) is 16.0 Å². The highest BCUT2D eigenvalue weighted by Gasteiger charge is 2.21. The quantitative estimate of drug-likeness (QED) is 0.277. The van der Waals surface area contributed by atoms with Gasteiger partial charge in [-0.05, 0) is 36.8 Å². The number of fused-ring (bicyclic) bond motifs is 1. The molecule has 5 rings (SSSR count). The molecule has 11 heteroatoms. The summed E-state index contributed by atoms with van der Waals surface area (Å²) in [5, 5.41) is 0.976. The SMILES string of the molecule is Cc1sc2nc(SCc3nc(N)nc(N)n3)n(-c3ccccc3)c(=O)c2c1-c1ccc(F)cc1. The van der Waals surface area contributed by atoms with Crippen molar-refractivity contribution in [2.45, 2.75) is 17.8 Å². The molecule has 0 spiro atoms. The van der Waals surface area contributed by atoms with Gasteiger partial charge in [0.05, 0.1) is 16.8 Å². The molecule has 8 nitrogen and oxygen atoms in total. The van der Waals surface area contributed by atoms with E-state index in [9.17, 15) is 9.18 Å². The Morgan fingerprint density at radius 2 is 1.65 bits per heavy atom. The van der Waals surface area contributed by atoms with E-state index < -0.39 is 0 Å². The fourth-order valence-electron chi connectivity index (χ4n) is 3.66. The minimum Gasteiger partial charge on any atom is -0.368 e. The molecular weight excluding hydrogens is 473 g/mol. The van der Waals surface area contributed by atoms with E-state index in [1.165, 1.54) is 35.2 Å². The number of anilines is 2. The summed E-state index contributed by atoms with van der Waals surface area (Å²) in [7, 11) is 0. The number of para-hydroxylation sites is 1. The molecule has 0 bridgehead atoms. The van der Waals surface area contributed by atoms with Crippen molar-refractivity contribution in [2.24, 2.45) is 0 Å². The second-order valence-electron chi connectivity index (χ2n) is 7.35. The maximum absolute atomic E-state index is 13.9. The molecule has 3 heterocycles. The molecule has 0 radical (unpaired) electrons. The standard InChI is InChI=1S/C23H18FN7OS2/c1-12-17(13-7-9-14(24)10-8-13)18-19(34-12)29-23(31(20(18)32)15-5-3-2-4-6-15)33-11-16-27-21(25)30-22(26)28-16/h2-10H,11H2,1H3,(H4,25,26,27,28,30). The van der Waals surface area contributed by atoms with Crippen LogP contribution in [0.15, 0.2) is 64.5 Å². The van der Waals surface area contributed by atoms with Gasteiger partial charge in [-0.15, -0.1) is 11.3 Å². The van der Waals surface area contributed by atoms with Crippen molar-refractivity contribution in [3.8, 4) is 16.8 Å². The smallest absolute Gasteiger partial charge is 0.268 e. The first-order valence-corrected chi connectivity index (χ1v) is 12.0. The molecule has 0 fully saturated rings. The van der Waals surface area contributed by atoms with Gasteiger partial charge in [-0.25, -0.2) is 9.37 Å². The van der Waals surface area contributed by atoms with Crippen LogP contribution in [0, 0.1) is 12.7 Å². The summed E-state index contributed by atoms with van der Waals surface area (Å²) in [5.74, 6) is 0.406. The van der Waals surface area contributed by atoms with Crippen molar-refractivity contribution >= 4 is 45.2 Å². The highest BCUT2D eigenvalue weighted by atomic mass is 32.2. The van der Waals surface area contributed by atoms with Crippen molar-refractivity contribution in [1.29, 1.82) is 0 Å². The summed E-state index contributed by atoms with van der Waals surface area (Å²) < 4.78 is 15.1. The van der Waals surface area contributed by atoms with E-state index >= 15 is 0 Å². The van der Waals surface area contributed by atoms with E-state index in [4.69, 9.17) is 16.5 Å². The van der Waals surface area contributed by atoms with Gasteiger partial charge in [0.15, 0.2) is 5.16 Å². The van der Waals surface area contributed by atoms with E-state index in [2.05, 4.69) is 15.0 Å². The predicted molar refractivity (Wildman–Crippen MR) is 134 cm³/mol. The molecule has 5 aromatic rings.